The Hall–Kier alpha value is -3.08. The second kappa shape index (κ2) is 6.27. The fourth-order valence-electron chi connectivity index (χ4n) is 3.66. The molecule has 1 aromatic heterocycles. The molecule has 1 aliphatic heterocycles. The Morgan fingerprint density at radius 2 is 2.00 bits per heavy atom. The molecule has 5 heteroatoms. The maximum absolute atomic E-state index is 12.9. The van der Waals surface area contributed by atoms with Gasteiger partial charge in [-0.1, -0.05) is 6.08 Å². The van der Waals surface area contributed by atoms with Gasteiger partial charge in [-0.25, -0.2) is 4.98 Å². The number of aromatic nitrogens is 2. The minimum absolute atomic E-state index is 0.127. The highest BCUT2D eigenvalue weighted by molar-refractivity contribution is 6.09. The van der Waals surface area contributed by atoms with E-state index in [9.17, 15) is 4.79 Å². The van der Waals surface area contributed by atoms with Crippen LogP contribution in [0.15, 0.2) is 49.1 Å². The zero-order chi connectivity index (χ0) is 19.2. The number of rotatable bonds is 5. The number of anilines is 1. The van der Waals surface area contributed by atoms with E-state index >= 15 is 0 Å². The molecule has 0 spiro atoms. The third kappa shape index (κ3) is 2.70. The second-order valence-electron chi connectivity index (χ2n) is 7.36. The van der Waals surface area contributed by atoms with Gasteiger partial charge in [0, 0.05) is 12.1 Å². The van der Waals surface area contributed by atoms with Crippen LogP contribution in [0.2, 0.25) is 0 Å². The van der Waals surface area contributed by atoms with E-state index in [-0.39, 0.29) is 5.91 Å². The molecule has 0 saturated heterocycles. The van der Waals surface area contributed by atoms with Crippen LogP contribution >= 0.6 is 0 Å². The summed E-state index contributed by atoms with van der Waals surface area (Å²) < 4.78 is 5.22. The van der Waals surface area contributed by atoms with E-state index in [2.05, 4.69) is 11.6 Å². The Morgan fingerprint density at radius 1 is 1.26 bits per heavy atom. The Bertz CT molecular complexity index is 1030. The van der Waals surface area contributed by atoms with Crippen molar-refractivity contribution < 1.29 is 9.53 Å². The topological polar surface area (TPSA) is 58.2 Å². The summed E-state index contributed by atoms with van der Waals surface area (Å²) in [6.07, 6.45) is 2.61. The molecule has 3 aromatic rings. The van der Waals surface area contributed by atoms with Gasteiger partial charge in [0.1, 0.15) is 11.6 Å². The highest BCUT2D eigenvalue weighted by Crippen LogP contribution is 2.43. The summed E-state index contributed by atoms with van der Waals surface area (Å²) in [5.41, 5.74) is 4.22. The first-order valence-corrected chi connectivity index (χ1v) is 9.07. The molecule has 0 aliphatic carbocycles. The molecule has 5 nitrogen and oxygen atoms in total. The predicted molar refractivity (Wildman–Crippen MR) is 108 cm³/mol. The summed E-state index contributed by atoms with van der Waals surface area (Å²) in [4.78, 5) is 22.9. The maximum atomic E-state index is 12.9. The van der Waals surface area contributed by atoms with Gasteiger partial charge in [-0.2, -0.15) is 0 Å². The van der Waals surface area contributed by atoms with E-state index in [0.29, 0.717) is 6.54 Å². The van der Waals surface area contributed by atoms with Crippen LogP contribution in [0.1, 0.15) is 25.8 Å². The van der Waals surface area contributed by atoms with Crippen LogP contribution in [-0.4, -0.2) is 29.5 Å². The molecule has 1 aliphatic rings. The largest absolute Gasteiger partial charge is 0.497 e. The molecule has 1 amide bonds. The summed E-state index contributed by atoms with van der Waals surface area (Å²) in [6, 6.07) is 11.9. The first-order chi connectivity index (χ1) is 13.0. The monoisotopic (exact) mass is 361 g/mol. The Labute approximate surface area is 158 Å². The Balaban J connectivity index is 1.80. The Kier molecular flexibility index (Phi) is 4.02. The summed E-state index contributed by atoms with van der Waals surface area (Å²) in [5.74, 6) is 1.74. The van der Waals surface area contributed by atoms with Crippen molar-refractivity contribution in [3.63, 3.8) is 0 Å². The maximum Gasteiger partial charge on any atom is 0.237 e. The minimum Gasteiger partial charge on any atom is -0.497 e. The number of hydrogen-bond donors (Lipinski definition) is 1. The molecule has 138 valence electrons. The van der Waals surface area contributed by atoms with E-state index in [1.807, 2.05) is 61.2 Å². The van der Waals surface area contributed by atoms with Gasteiger partial charge in [-0.05, 0) is 62.2 Å². The van der Waals surface area contributed by atoms with E-state index in [4.69, 9.17) is 9.72 Å². The van der Waals surface area contributed by atoms with Gasteiger partial charge in [0.25, 0.3) is 0 Å². The SMILES string of the molecule is C=CCCN1C(=O)C(C)(C)c2cc3nc(-c4ccc(OC)cc4)[nH]c3cc21. The molecule has 0 atom stereocenters. The van der Waals surface area contributed by atoms with Gasteiger partial charge in [0.15, 0.2) is 0 Å². The zero-order valence-corrected chi connectivity index (χ0v) is 15.9. The average molecular weight is 361 g/mol. The van der Waals surface area contributed by atoms with Crippen molar-refractivity contribution >= 4 is 22.6 Å². The minimum atomic E-state index is -0.552. The lowest BCUT2D eigenvalue weighted by atomic mass is 9.86. The standard InChI is InChI=1S/C22H23N3O2/c1-5-6-11-25-19-13-18-17(12-16(19)22(2,3)21(25)26)23-20(24-18)14-7-9-15(27-4)10-8-14/h5,7-10,12-13H,1,6,11H2,2-4H3,(H,23,24). The molecule has 2 aromatic carbocycles. The van der Waals surface area contributed by atoms with Crippen LogP contribution < -0.4 is 9.64 Å². The molecule has 0 bridgehead atoms. The number of ether oxygens (including phenoxy) is 1. The van der Waals surface area contributed by atoms with Crippen molar-refractivity contribution in [2.24, 2.45) is 0 Å². The van der Waals surface area contributed by atoms with Gasteiger partial charge in [-0.3, -0.25) is 4.79 Å². The van der Waals surface area contributed by atoms with Gasteiger partial charge >= 0.3 is 0 Å². The number of carbonyl (C=O) groups excluding carboxylic acids is 1. The molecule has 0 saturated carbocycles. The summed E-state index contributed by atoms with van der Waals surface area (Å²) in [6.45, 7) is 8.37. The van der Waals surface area contributed by atoms with Crippen LogP contribution in [0.4, 0.5) is 5.69 Å². The number of benzene rings is 2. The van der Waals surface area contributed by atoms with Crippen molar-refractivity contribution in [3.05, 3.63) is 54.6 Å². The summed E-state index contributed by atoms with van der Waals surface area (Å²) in [5, 5.41) is 0. The van der Waals surface area contributed by atoms with Crippen molar-refractivity contribution in [1.82, 2.24) is 9.97 Å². The number of methoxy groups -OCH3 is 1. The van der Waals surface area contributed by atoms with Crippen LogP contribution in [0.3, 0.4) is 0 Å². The molecular weight excluding hydrogens is 338 g/mol. The molecule has 27 heavy (non-hydrogen) atoms. The smallest absolute Gasteiger partial charge is 0.237 e. The number of aromatic amines is 1. The number of nitrogens with one attached hydrogen (secondary N) is 1. The second-order valence-corrected chi connectivity index (χ2v) is 7.36. The van der Waals surface area contributed by atoms with Crippen molar-refractivity contribution in [2.45, 2.75) is 25.7 Å². The van der Waals surface area contributed by atoms with Gasteiger partial charge in [0.2, 0.25) is 5.91 Å². The van der Waals surface area contributed by atoms with E-state index in [1.165, 1.54) is 0 Å². The summed E-state index contributed by atoms with van der Waals surface area (Å²) in [7, 11) is 1.65. The van der Waals surface area contributed by atoms with Crippen LogP contribution in [0, 0.1) is 0 Å². The lowest BCUT2D eigenvalue weighted by molar-refractivity contribution is -0.122. The number of nitrogens with zero attached hydrogens (tertiary/aromatic N) is 2. The van der Waals surface area contributed by atoms with E-state index in [1.54, 1.807) is 7.11 Å². The predicted octanol–water partition coefficient (Wildman–Crippen LogP) is 4.44. The normalized spacial score (nSPS) is 15.2. The van der Waals surface area contributed by atoms with Gasteiger partial charge in [-0.15, -0.1) is 6.58 Å². The molecule has 1 N–H and O–H groups in total. The number of imidazole rings is 1. The van der Waals surface area contributed by atoms with Crippen molar-refractivity contribution in [2.75, 3.05) is 18.6 Å². The fraction of sp³-hybridized carbons (Fsp3) is 0.273. The van der Waals surface area contributed by atoms with Gasteiger partial charge in [0.05, 0.1) is 29.2 Å². The van der Waals surface area contributed by atoms with Crippen LogP contribution in [0.25, 0.3) is 22.4 Å². The molecule has 4 rings (SSSR count). The van der Waals surface area contributed by atoms with Crippen molar-refractivity contribution in [3.8, 4) is 17.1 Å². The van der Waals surface area contributed by atoms with E-state index in [0.717, 1.165) is 45.8 Å². The lowest BCUT2D eigenvalue weighted by Crippen LogP contribution is -2.36. The average Bonchev–Trinajstić information content (AvgIpc) is 3.17. The molecule has 0 radical (unpaired) electrons. The molecule has 0 fully saturated rings. The molecular formula is C22H23N3O2. The van der Waals surface area contributed by atoms with Crippen LogP contribution in [0.5, 0.6) is 5.75 Å². The third-order valence-electron chi connectivity index (χ3n) is 5.26. The highest BCUT2D eigenvalue weighted by Gasteiger charge is 2.43. The highest BCUT2D eigenvalue weighted by atomic mass is 16.5. The van der Waals surface area contributed by atoms with Gasteiger partial charge < -0.3 is 14.6 Å². The fourth-order valence-corrected chi connectivity index (χ4v) is 3.66. The lowest BCUT2D eigenvalue weighted by Gasteiger charge is -2.19. The number of H-pyrrole nitrogens is 1. The van der Waals surface area contributed by atoms with E-state index < -0.39 is 5.41 Å². The first-order valence-electron chi connectivity index (χ1n) is 9.07. The number of fused-ring (bicyclic) bond motifs is 2. The number of hydrogen-bond acceptors (Lipinski definition) is 3. The molecule has 2 heterocycles. The van der Waals surface area contributed by atoms with Crippen LogP contribution in [-0.2, 0) is 10.2 Å². The third-order valence-corrected chi connectivity index (χ3v) is 5.26. The number of carbonyl (C=O) groups is 1. The zero-order valence-electron chi connectivity index (χ0n) is 15.9. The Morgan fingerprint density at radius 3 is 2.67 bits per heavy atom. The van der Waals surface area contributed by atoms with Crippen molar-refractivity contribution in [1.29, 1.82) is 0 Å². The first kappa shape index (κ1) is 17.3. The quantitative estimate of drug-likeness (QED) is 0.684. The number of amides is 1. The molecule has 0 unspecified atom stereocenters. The summed E-state index contributed by atoms with van der Waals surface area (Å²) >= 11 is 0.